The monoisotopic (exact) mass is 252 g/mol. The zero-order valence-corrected chi connectivity index (χ0v) is 12.1. The minimum Gasteiger partial charge on any atom is -0.468 e. The maximum absolute atomic E-state index is 6.02. The maximum atomic E-state index is 6.02. The Morgan fingerprint density at radius 1 is 1.33 bits per heavy atom. The Labute approximate surface area is 111 Å². The smallest absolute Gasteiger partial charge is 0.117 e. The first-order valence-corrected chi connectivity index (χ1v) is 7.13. The van der Waals surface area contributed by atoms with Crippen molar-refractivity contribution in [2.24, 2.45) is 5.73 Å². The van der Waals surface area contributed by atoms with Crippen LogP contribution in [0.15, 0.2) is 22.8 Å². The topological polar surface area (TPSA) is 42.4 Å². The molecule has 1 aromatic rings. The van der Waals surface area contributed by atoms with E-state index >= 15 is 0 Å². The molecular formula is C15H28N2O. The summed E-state index contributed by atoms with van der Waals surface area (Å²) in [6.07, 6.45) is 6.68. The summed E-state index contributed by atoms with van der Waals surface area (Å²) in [5.41, 5.74) is 6.10. The lowest BCUT2D eigenvalue weighted by atomic mass is 9.92. The highest BCUT2D eigenvalue weighted by Gasteiger charge is 2.29. The van der Waals surface area contributed by atoms with Crippen molar-refractivity contribution in [2.75, 3.05) is 13.1 Å². The van der Waals surface area contributed by atoms with Crippen LogP contribution in [0.3, 0.4) is 0 Å². The van der Waals surface area contributed by atoms with E-state index in [0.717, 1.165) is 25.3 Å². The zero-order chi connectivity index (χ0) is 13.4. The van der Waals surface area contributed by atoms with Gasteiger partial charge >= 0.3 is 0 Å². The Morgan fingerprint density at radius 2 is 2.11 bits per heavy atom. The summed E-state index contributed by atoms with van der Waals surface area (Å²) in [6, 6.07) is 3.98. The van der Waals surface area contributed by atoms with Crippen molar-refractivity contribution in [1.29, 1.82) is 0 Å². The zero-order valence-electron chi connectivity index (χ0n) is 12.1. The van der Waals surface area contributed by atoms with Gasteiger partial charge < -0.3 is 10.2 Å². The van der Waals surface area contributed by atoms with Crippen LogP contribution in [0.1, 0.15) is 52.2 Å². The number of hydrogen-bond donors (Lipinski definition) is 1. The van der Waals surface area contributed by atoms with Crippen LogP contribution in [0.25, 0.3) is 0 Å². The van der Waals surface area contributed by atoms with Crippen LogP contribution in [-0.4, -0.2) is 23.5 Å². The Bertz CT molecular complexity index is 310. The Kier molecular flexibility index (Phi) is 6.44. The van der Waals surface area contributed by atoms with E-state index in [4.69, 9.17) is 10.2 Å². The molecule has 0 amide bonds. The molecule has 1 unspecified atom stereocenters. The third-order valence-corrected chi connectivity index (χ3v) is 3.83. The highest BCUT2D eigenvalue weighted by molar-refractivity contribution is 5.00. The number of nitrogens with zero attached hydrogens (tertiary/aromatic N) is 1. The van der Waals surface area contributed by atoms with Crippen LogP contribution < -0.4 is 5.73 Å². The predicted octanol–water partition coefficient (Wildman–Crippen LogP) is 3.40. The molecule has 2 N–H and O–H groups in total. The first-order valence-electron chi connectivity index (χ1n) is 7.13. The molecular weight excluding hydrogens is 224 g/mol. The average molecular weight is 252 g/mol. The van der Waals surface area contributed by atoms with E-state index in [1.807, 2.05) is 12.1 Å². The molecule has 0 aliphatic rings. The lowest BCUT2D eigenvalue weighted by Gasteiger charge is -2.40. The Balaban J connectivity index is 2.63. The van der Waals surface area contributed by atoms with Crippen molar-refractivity contribution < 1.29 is 4.42 Å². The Hall–Kier alpha value is -0.800. The van der Waals surface area contributed by atoms with Gasteiger partial charge in [-0.05, 0) is 32.0 Å². The van der Waals surface area contributed by atoms with E-state index in [1.54, 1.807) is 6.26 Å². The maximum Gasteiger partial charge on any atom is 0.117 e. The summed E-state index contributed by atoms with van der Waals surface area (Å²) in [6.45, 7) is 9.25. The molecule has 0 radical (unpaired) electrons. The fourth-order valence-corrected chi connectivity index (χ4v) is 2.42. The molecule has 1 atom stereocenters. The van der Waals surface area contributed by atoms with Gasteiger partial charge in [0.05, 0.1) is 12.8 Å². The molecule has 3 nitrogen and oxygen atoms in total. The molecule has 1 rings (SSSR count). The standard InChI is InChI=1S/C15H28N2O/c1-4-6-7-10-15(3,13-16)17(5-2)12-14-9-8-11-18-14/h8-9,11H,4-7,10,12-13,16H2,1-3H3. The molecule has 0 bridgehead atoms. The number of nitrogens with two attached hydrogens (primary N) is 1. The van der Waals surface area contributed by atoms with Gasteiger partial charge in [-0.25, -0.2) is 0 Å². The van der Waals surface area contributed by atoms with Crippen LogP contribution in [0, 0.1) is 0 Å². The van der Waals surface area contributed by atoms with Gasteiger partial charge in [0.1, 0.15) is 5.76 Å². The molecule has 0 spiro atoms. The fraction of sp³-hybridized carbons (Fsp3) is 0.733. The summed E-state index contributed by atoms with van der Waals surface area (Å²) >= 11 is 0. The number of unbranched alkanes of at least 4 members (excludes halogenated alkanes) is 2. The molecule has 0 saturated carbocycles. The normalized spacial score (nSPS) is 14.9. The second-order valence-corrected chi connectivity index (χ2v) is 5.25. The second-order valence-electron chi connectivity index (χ2n) is 5.25. The van der Waals surface area contributed by atoms with Crippen LogP contribution in [0.2, 0.25) is 0 Å². The average Bonchev–Trinajstić information content (AvgIpc) is 2.89. The first-order chi connectivity index (χ1) is 8.66. The highest BCUT2D eigenvalue weighted by atomic mass is 16.3. The van der Waals surface area contributed by atoms with Gasteiger partial charge in [-0.2, -0.15) is 0 Å². The van der Waals surface area contributed by atoms with Gasteiger partial charge in [-0.1, -0.05) is 33.1 Å². The third kappa shape index (κ3) is 4.14. The number of likely N-dealkylation sites (N-methyl/N-ethyl adjacent to an activating group) is 1. The van der Waals surface area contributed by atoms with Crippen molar-refractivity contribution in [3.05, 3.63) is 24.2 Å². The molecule has 0 fully saturated rings. The van der Waals surface area contributed by atoms with Crippen molar-refractivity contribution in [2.45, 2.75) is 58.5 Å². The minimum absolute atomic E-state index is 0.0801. The quantitative estimate of drug-likeness (QED) is 0.685. The number of furan rings is 1. The SMILES string of the molecule is CCCCCC(C)(CN)N(CC)Cc1ccco1. The fourth-order valence-electron chi connectivity index (χ4n) is 2.42. The van der Waals surface area contributed by atoms with E-state index in [1.165, 1.54) is 19.3 Å². The van der Waals surface area contributed by atoms with Crippen molar-refractivity contribution in [3.8, 4) is 0 Å². The molecule has 0 aromatic carbocycles. The van der Waals surface area contributed by atoms with E-state index in [9.17, 15) is 0 Å². The lowest BCUT2D eigenvalue weighted by molar-refractivity contribution is 0.0886. The van der Waals surface area contributed by atoms with Crippen molar-refractivity contribution in [3.63, 3.8) is 0 Å². The van der Waals surface area contributed by atoms with E-state index in [-0.39, 0.29) is 5.54 Å². The van der Waals surface area contributed by atoms with E-state index in [0.29, 0.717) is 6.54 Å². The predicted molar refractivity (Wildman–Crippen MR) is 76.4 cm³/mol. The van der Waals surface area contributed by atoms with Gasteiger partial charge in [0, 0.05) is 12.1 Å². The third-order valence-electron chi connectivity index (χ3n) is 3.83. The summed E-state index contributed by atoms with van der Waals surface area (Å²) in [4.78, 5) is 2.43. The molecule has 1 heterocycles. The van der Waals surface area contributed by atoms with Crippen molar-refractivity contribution >= 4 is 0 Å². The van der Waals surface area contributed by atoms with Crippen LogP contribution in [0.5, 0.6) is 0 Å². The Morgan fingerprint density at radius 3 is 2.61 bits per heavy atom. The van der Waals surface area contributed by atoms with Gasteiger partial charge in [-0.3, -0.25) is 4.90 Å². The van der Waals surface area contributed by atoms with Gasteiger partial charge in [0.25, 0.3) is 0 Å². The summed E-state index contributed by atoms with van der Waals surface area (Å²) in [5.74, 6) is 1.02. The molecule has 0 aliphatic carbocycles. The van der Waals surface area contributed by atoms with E-state index in [2.05, 4.69) is 25.7 Å². The van der Waals surface area contributed by atoms with Gasteiger partial charge in [0.2, 0.25) is 0 Å². The lowest BCUT2D eigenvalue weighted by Crippen LogP contribution is -2.51. The molecule has 0 saturated heterocycles. The molecule has 1 aromatic heterocycles. The summed E-state index contributed by atoms with van der Waals surface area (Å²) in [5, 5.41) is 0. The van der Waals surface area contributed by atoms with Crippen LogP contribution >= 0.6 is 0 Å². The number of hydrogen-bond acceptors (Lipinski definition) is 3. The van der Waals surface area contributed by atoms with Gasteiger partial charge in [0.15, 0.2) is 0 Å². The van der Waals surface area contributed by atoms with E-state index < -0.39 is 0 Å². The van der Waals surface area contributed by atoms with Gasteiger partial charge in [-0.15, -0.1) is 0 Å². The van der Waals surface area contributed by atoms with Crippen LogP contribution in [-0.2, 0) is 6.54 Å². The molecule has 0 aliphatic heterocycles. The van der Waals surface area contributed by atoms with Crippen LogP contribution in [0.4, 0.5) is 0 Å². The summed E-state index contributed by atoms with van der Waals surface area (Å²) in [7, 11) is 0. The molecule has 104 valence electrons. The molecule has 18 heavy (non-hydrogen) atoms. The highest BCUT2D eigenvalue weighted by Crippen LogP contribution is 2.23. The van der Waals surface area contributed by atoms with Crippen molar-refractivity contribution in [1.82, 2.24) is 4.90 Å². The summed E-state index contributed by atoms with van der Waals surface area (Å²) < 4.78 is 5.45. The number of rotatable bonds is 9. The largest absolute Gasteiger partial charge is 0.468 e. The first kappa shape index (κ1) is 15.3. The molecule has 3 heteroatoms. The minimum atomic E-state index is 0.0801. The second kappa shape index (κ2) is 7.59.